The lowest BCUT2D eigenvalue weighted by Gasteiger charge is -2.30. The molecule has 124 valence electrons. The summed E-state index contributed by atoms with van der Waals surface area (Å²) < 4.78 is 7.25. The van der Waals surface area contributed by atoms with Crippen molar-refractivity contribution < 1.29 is 9.21 Å². The Balaban J connectivity index is 2.29. The number of amides is 1. The normalized spacial score (nSPS) is 12.9. The summed E-state index contributed by atoms with van der Waals surface area (Å²) in [7, 11) is 1.65. The zero-order valence-corrected chi connectivity index (χ0v) is 14.3. The Morgan fingerprint density at radius 1 is 1.30 bits per heavy atom. The summed E-state index contributed by atoms with van der Waals surface area (Å²) in [5, 5.41) is 2.99. The fraction of sp³-hybridized carbons (Fsp3) is 0.444. The Morgan fingerprint density at radius 2 is 2.00 bits per heavy atom. The molecule has 0 aliphatic carbocycles. The number of pyridine rings is 1. The number of aryl methyl sites for hydroxylation is 2. The molecule has 0 aliphatic rings. The first kappa shape index (κ1) is 17.1. The zero-order valence-electron chi connectivity index (χ0n) is 14.3. The maximum absolute atomic E-state index is 12.5. The van der Waals surface area contributed by atoms with E-state index in [1.54, 1.807) is 19.3 Å². The number of carbonyl (C=O) groups excluding carboxylic acids is 1. The van der Waals surface area contributed by atoms with Crippen molar-refractivity contribution in [2.75, 3.05) is 0 Å². The standard InChI is InChI=1S/C18H24N2O3/c1-6-13-7-8-14(23-13)16(18(2,3)4)19-17(22)12-9-10-20(5)15(21)11-12/h7-11,16H,6H2,1-5H3,(H,19,22). The third kappa shape index (κ3) is 3.92. The van der Waals surface area contributed by atoms with Gasteiger partial charge in [-0.2, -0.15) is 0 Å². The number of hydrogen-bond acceptors (Lipinski definition) is 3. The van der Waals surface area contributed by atoms with Crippen LogP contribution in [0.15, 0.2) is 39.7 Å². The minimum Gasteiger partial charge on any atom is -0.464 e. The molecule has 0 saturated carbocycles. The summed E-state index contributed by atoms with van der Waals surface area (Å²) in [6.45, 7) is 8.13. The Kier molecular flexibility index (Phi) is 4.78. The molecule has 0 fully saturated rings. The van der Waals surface area contributed by atoms with Gasteiger partial charge >= 0.3 is 0 Å². The molecule has 1 N–H and O–H groups in total. The molecule has 1 unspecified atom stereocenters. The second-order valence-electron chi connectivity index (χ2n) is 6.79. The Bertz CT molecular complexity index is 750. The highest BCUT2D eigenvalue weighted by Crippen LogP contribution is 2.34. The molecule has 2 heterocycles. The van der Waals surface area contributed by atoms with Gasteiger partial charge in [-0.15, -0.1) is 0 Å². The molecular formula is C18H24N2O3. The van der Waals surface area contributed by atoms with Gasteiger partial charge in [0.2, 0.25) is 0 Å². The van der Waals surface area contributed by atoms with E-state index in [-0.39, 0.29) is 22.9 Å². The molecule has 2 aromatic heterocycles. The monoisotopic (exact) mass is 316 g/mol. The number of nitrogens with zero attached hydrogens (tertiary/aromatic N) is 1. The molecule has 0 spiro atoms. The van der Waals surface area contributed by atoms with E-state index < -0.39 is 0 Å². The van der Waals surface area contributed by atoms with Gasteiger partial charge in [0.1, 0.15) is 11.5 Å². The van der Waals surface area contributed by atoms with Crippen molar-refractivity contribution in [2.45, 2.75) is 40.2 Å². The number of nitrogens with one attached hydrogen (secondary N) is 1. The van der Waals surface area contributed by atoms with Gasteiger partial charge in [0.15, 0.2) is 0 Å². The van der Waals surface area contributed by atoms with E-state index in [1.807, 2.05) is 39.8 Å². The van der Waals surface area contributed by atoms with E-state index in [0.29, 0.717) is 5.56 Å². The average Bonchev–Trinajstić information content (AvgIpc) is 2.94. The molecule has 23 heavy (non-hydrogen) atoms. The van der Waals surface area contributed by atoms with Crippen LogP contribution in [0.4, 0.5) is 0 Å². The van der Waals surface area contributed by atoms with Gasteiger partial charge in [-0.3, -0.25) is 9.59 Å². The van der Waals surface area contributed by atoms with Crippen LogP contribution in [0.5, 0.6) is 0 Å². The first-order valence-electron chi connectivity index (χ1n) is 7.78. The van der Waals surface area contributed by atoms with Gasteiger partial charge in [0.25, 0.3) is 11.5 Å². The lowest BCUT2D eigenvalue weighted by Crippen LogP contribution is -2.37. The quantitative estimate of drug-likeness (QED) is 0.943. The van der Waals surface area contributed by atoms with Crippen molar-refractivity contribution >= 4 is 5.91 Å². The summed E-state index contributed by atoms with van der Waals surface area (Å²) in [6.07, 6.45) is 2.39. The van der Waals surface area contributed by atoms with Gasteiger partial charge in [-0.1, -0.05) is 27.7 Å². The van der Waals surface area contributed by atoms with Gasteiger partial charge in [0, 0.05) is 31.3 Å². The molecule has 5 heteroatoms. The van der Waals surface area contributed by atoms with Crippen molar-refractivity contribution in [3.05, 3.63) is 57.9 Å². The molecule has 5 nitrogen and oxygen atoms in total. The SMILES string of the molecule is CCc1ccc(C(NC(=O)c2ccn(C)c(=O)c2)C(C)(C)C)o1. The number of carbonyl (C=O) groups is 1. The van der Waals surface area contributed by atoms with Gasteiger partial charge < -0.3 is 14.3 Å². The van der Waals surface area contributed by atoms with Crippen molar-refractivity contribution in [3.8, 4) is 0 Å². The fourth-order valence-corrected chi connectivity index (χ4v) is 2.36. The van der Waals surface area contributed by atoms with Crippen LogP contribution in [0.25, 0.3) is 0 Å². The molecule has 0 aliphatic heterocycles. The minimum atomic E-state index is -0.280. The van der Waals surface area contributed by atoms with Gasteiger partial charge in [-0.25, -0.2) is 0 Å². The summed E-state index contributed by atoms with van der Waals surface area (Å²) >= 11 is 0. The number of hydrogen-bond donors (Lipinski definition) is 1. The maximum Gasteiger partial charge on any atom is 0.252 e. The zero-order chi connectivity index (χ0) is 17.2. The largest absolute Gasteiger partial charge is 0.464 e. The lowest BCUT2D eigenvalue weighted by molar-refractivity contribution is 0.0888. The van der Waals surface area contributed by atoms with E-state index in [0.717, 1.165) is 17.9 Å². The van der Waals surface area contributed by atoms with Crippen molar-refractivity contribution in [1.82, 2.24) is 9.88 Å². The molecule has 0 bridgehead atoms. The molecule has 1 atom stereocenters. The molecule has 0 aromatic carbocycles. The number of aromatic nitrogens is 1. The predicted octanol–water partition coefficient (Wildman–Crippen LogP) is 3.06. The lowest BCUT2D eigenvalue weighted by atomic mass is 9.85. The second-order valence-corrected chi connectivity index (χ2v) is 6.79. The summed E-state index contributed by atoms with van der Waals surface area (Å²) in [6, 6.07) is 6.53. The number of rotatable bonds is 4. The Hall–Kier alpha value is -2.30. The van der Waals surface area contributed by atoms with E-state index in [4.69, 9.17) is 4.42 Å². The first-order valence-corrected chi connectivity index (χ1v) is 7.78. The third-order valence-corrected chi connectivity index (χ3v) is 3.82. The van der Waals surface area contributed by atoms with Crippen molar-refractivity contribution in [2.24, 2.45) is 12.5 Å². The highest BCUT2D eigenvalue weighted by molar-refractivity contribution is 5.94. The molecular weight excluding hydrogens is 292 g/mol. The van der Waals surface area contributed by atoms with Gasteiger partial charge in [-0.05, 0) is 23.6 Å². The van der Waals surface area contributed by atoms with Crippen LogP contribution in [0.1, 0.15) is 55.6 Å². The summed E-state index contributed by atoms with van der Waals surface area (Å²) in [4.78, 5) is 24.2. The molecule has 2 rings (SSSR count). The fourth-order valence-electron chi connectivity index (χ4n) is 2.36. The van der Waals surface area contributed by atoms with Crippen LogP contribution in [0.2, 0.25) is 0 Å². The minimum absolute atomic E-state index is 0.212. The predicted molar refractivity (Wildman–Crippen MR) is 89.4 cm³/mol. The van der Waals surface area contributed by atoms with Crippen LogP contribution >= 0.6 is 0 Å². The van der Waals surface area contributed by atoms with E-state index >= 15 is 0 Å². The second kappa shape index (κ2) is 6.44. The molecule has 1 amide bonds. The summed E-state index contributed by atoms with van der Waals surface area (Å²) in [5.41, 5.74) is -0.0843. The van der Waals surface area contributed by atoms with E-state index in [1.165, 1.54) is 10.6 Å². The van der Waals surface area contributed by atoms with Crippen LogP contribution in [-0.4, -0.2) is 10.5 Å². The highest BCUT2D eigenvalue weighted by Gasteiger charge is 2.30. The molecule has 2 aromatic rings. The maximum atomic E-state index is 12.5. The van der Waals surface area contributed by atoms with Crippen molar-refractivity contribution in [3.63, 3.8) is 0 Å². The smallest absolute Gasteiger partial charge is 0.252 e. The third-order valence-electron chi connectivity index (χ3n) is 3.82. The van der Waals surface area contributed by atoms with Crippen LogP contribution < -0.4 is 10.9 Å². The van der Waals surface area contributed by atoms with Gasteiger partial charge in [0.05, 0.1) is 6.04 Å². The first-order chi connectivity index (χ1) is 10.7. The number of furan rings is 1. The average molecular weight is 316 g/mol. The Morgan fingerprint density at radius 3 is 2.52 bits per heavy atom. The molecule has 0 saturated heterocycles. The van der Waals surface area contributed by atoms with Crippen molar-refractivity contribution in [1.29, 1.82) is 0 Å². The van der Waals surface area contributed by atoms with Crippen LogP contribution in [-0.2, 0) is 13.5 Å². The highest BCUT2D eigenvalue weighted by atomic mass is 16.3. The Labute approximate surface area is 136 Å². The van der Waals surface area contributed by atoms with E-state index in [9.17, 15) is 9.59 Å². The van der Waals surface area contributed by atoms with Crippen LogP contribution in [0, 0.1) is 5.41 Å². The topological polar surface area (TPSA) is 64.2 Å². The molecule has 0 radical (unpaired) electrons. The summed E-state index contributed by atoms with van der Waals surface area (Å²) in [5.74, 6) is 1.33. The van der Waals surface area contributed by atoms with Crippen LogP contribution in [0.3, 0.4) is 0 Å². The van der Waals surface area contributed by atoms with E-state index in [2.05, 4.69) is 5.32 Å².